The van der Waals surface area contributed by atoms with Gasteiger partial charge in [0, 0.05) is 45.5 Å². The minimum atomic E-state index is -3.60. The van der Waals surface area contributed by atoms with E-state index in [4.69, 9.17) is 0 Å². The fourth-order valence-corrected chi connectivity index (χ4v) is 4.19. The fraction of sp³-hybridized carbons (Fsp3) is 0.733. The number of carbonyl (C=O) groups excluding carboxylic acids is 1. The van der Waals surface area contributed by atoms with Crippen LogP contribution in [0.15, 0.2) is 17.6 Å². The Labute approximate surface area is 143 Å². The molecule has 2 heterocycles. The highest BCUT2D eigenvalue weighted by Gasteiger charge is 2.30. The second-order valence-corrected chi connectivity index (χ2v) is 7.97. The highest BCUT2D eigenvalue weighted by atomic mass is 32.2. The first-order valence-corrected chi connectivity index (χ1v) is 9.86. The van der Waals surface area contributed by atoms with Gasteiger partial charge in [0.1, 0.15) is 0 Å². The number of aromatic nitrogens is 2. The summed E-state index contributed by atoms with van der Waals surface area (Å²) in [6, 6.07) is 0.0508. The molecule has 0 spiro atoms. The van der Waals surface area contributed by atoms with Crippen LogP contribution in [0.4, 0.5) is 4.79 Å². The van der Waals surface area contributed by atoms with Crippen molar-refractivity contribution in [3.05, 3.63) is 12.5 Å². The largest absolute Gasteiger partial charge is 0.339 e. The van der Waals surface area contributed by atoms with Crippen LogP contribution in [0, 0.1) is 0 Å². The molecule has 2 rings (SSSR count). The molecule has 9 heteroatoms. The maximum Gasteiger partial charge on any atom is 0.317 e. The summed E-state index contributed by atoms with van der Waals surface area (Å²) in [7, 11) is -1.87. The van der Waals surface area contributed by atoms with Gasteiger partial charge in [0.2, 0.25) is 0 Å². The molecule has 0 unspecified atom stereocenters. The van der Waals surface area contributed by atoms with Crippen molar-refractivity contribution in [2.75, 3.05) is 26.2 Å². The Kier molecular flexibility index (Phi) is 6.22. The molecule has 0 aliphatic carbocycles. The van der Waals surface area contributed by atoms with Crippen molar-refractivity contribution >= 4 is 16.1 Å². The lowest BCUT2D eigenvalue weighted by atomic mass is 10.2. The topological polar surface area (TPSA) is 87.5 Å². The Morgan fingerprint density at radius 3 is 2.54 bits per heavy atom. The standard InChI is InChI=1S/C15H27N5O3S/c1-4-13(5-2)17-15(21)19-7-6-8-20(10-9-19)24(22,23)14-11-18(3)12-16-14/h11-13H,4-10H2,1-3H3,(H,17,21). The minimum absolute atomic E-state index is 0.0555. The predicted molar refractivity (Wildman–Crippen MR) is 91.1 cm³/mol. The van der Waals surface area contributed by atoms with Crippen molar-refractivity contribution in [1.29, 1.82) is 0 Å². The lowest BCUT2D eigenvalue weighted by Crippen LogP contribution is -2.46. The van der Waals surface area contributed by atoms with E-state index >= 15 is 0 Å². The number of amides is 2. The smallest absolute Gasteiger partial charge is 0.317 e. The van der Waals surface area contributed by atoms with Gasteiger partial charge in [0.25, 0.3) is 10.0 Å². The van der Waals surface area contributed by atoms with E-state index in [1.54, 1.807) is 16.5 Å². The number of nitrogens with zero attached hydrogens (tertiary/aromatic N) is 4. The van der Waals surface area contributed by atoms with Crippen molar-refractivity contribution in [2.24, 2.45) is 7.05 Å². The second-order valence-electron chi connectivity index (χ2n) is 6.08. The Morgan fingerprint density at radius 2 is 1.96 bits per heavy atom. The van der Waals surface area contributed by atoms with Crippen LogP contribution in [0.3, 0.4) is 0 Å². The monoisotopic (exact) mass is 357 g/mol. The molecule has 1 aliphatic heterocycles. The molecule has 0 aromatic carbocycles. The van der Waals surface area contributed by atoms with Crippen LogP contribution in [-0.2, 0) is 17.1 Å². The third-order valence-electron chi connectivity index (χ3n) is 4.34. The highest BCUT2D eigenvalue weighted by Crippen LogP contribution is 2.16. The fourth-order valence-electron chi connectivity index (χ4n) is 2.75. The molecule has 136 valence electrons. The third kappa shape index (κ3) is 4.27. The predicted octanol–water partition coefficient (Wildman–Crippen LogP) is 1.01. The molecule has 1 aliphatic rings. The van der Waals surface area contributed by atoms with E-state index in [1.807, 2.05) is 13.8 Å². The van der Waals surface area contributed by atoms with Gasteiger partial charge in [-0.15, -0.1) is 0 Å². The molecule has 8 nitrogen and oxygen atoms in total. The number of sulfonamides is 1. The number of imidazole rings is 1. The van der Waals surface area contributed by atoms with Gasteiger partial charge >= 0.3 is 6.03 Å². The van der Waals surface area contributed by atoms with Gasteiger partial charge in [-0.05, 0) is 19.3 Å². The quantitative estimate of drug-likeness (QED) is 0.852. The average molecular weight is 357 g/mol. The molecule has 0 bridgehead atoms. The van der Waals surface area contributed by atoms with Gasteiger partial charge in [0.15, 0.2) is 5.03 Å². The molecule has 2 amide bonds. The molecule has 1 aromatic rings. The summed E-state index contributed by atoms with van der Waals surface area (Å²) in [4.78, 5) is 18.0. The van der Waals surface area contributed by atoms with Gasteiger partial charge in [-0.25, -0.2) is 18.2 Å². The van der Waals surface area contributed by atoms with E-state index in [-0.39, 0.29) is 23.6 Å². The van der Waals surface area contributed by atoms with Crippen LogP contribution in [-0.4, -0.2) is 65.4 Å². The van der Waals surface area contributed by atoms with E-state index in [0.717, 1.165) is 12.8 Å². The van der Waals surface area contributed by atoms with E-state index in [9.17, 15) is 13.2 Å². The van der Waals surface area contributed by atoms with Crippen LogP contribution in [0.25, 0.3) is 0 Å². The number of carbonyl (C=O) groups is 1. The molecule has 1 fully saturated rings. The van der Waals surface area contributed by atoms with Gasteiger partial charge in [-0.3, -0.25) is 0 Å². The summed E-state index contributed by atoms with van der Waals surface area (Å²) in [5.41, 5.74) is 0. The Balaban J connectivity index is 2.01. The first-order valence-electron chi connectivity index (χ1n) is 8.42. The van der Waals surface area contributed by atoms with Crippen molar-refractivity contribution in [3.63, 3.8) is 0 Å². The highest BCUT2D eigenvalue weighted by molar-refractivity contribution is 7.89. The van der Waals surface area contributed by atoms with Crippen LogP contribution in [0.5, 0.6) is 0 Å². The van der Waals surface area contributed by atoms with Gasteiger partial charge in [-0.1, -0.05) is 13.8 Å². The van der Waals surface area contributed by atoms with E-state index < -0.39 is 10.0 Å². The van der Waals surface area contributed by atoms with Crippen LogP contribution in [0.1, 0.15) is 33.1 Å². The molecule has 0 saturated carbocycles. The van der Waals surface area contributed by atoms with Gasteiger partial charge < -0.3 is 14.8 Å². The van der Waals surface area contributed by atoms with Crippen LogP contribution < -0.4 is 5.32 Å². The Bertz CT molecular complexity index is 654. The molecule has 0 radical (unpaired) electrons. The lowest BCUT2D eigenvalue weighted by Gasteiger charge is -2.24. The normalized spacial score (nSPS) is 17.1. The van der Waals surface area contributed by atoms with Crippen molar-refractivity contribution in [1.82, 2.24) is 24.1 Å². The third-order valence-corrected chi connectivity index (χ3v) is 6.13. The van der Waals surface area contributed by atoms with Crippen LogP contribution >= 0.6 is 0 Å². The number of urea groups is 1. The number of nitrogens with one attached hydrogen (secondary N) is 1. The molecular formula is C15H27N5O3S. The zero-order valence-corrected chi connectivity index (χ0v) is 15.4. The zero-order valence-electron chi connectivity index (χ0n) is 14.6. The zero-order chi connectivity index (χ0) is 17.7. The molecule has 24 heavy (non-hydrogen) atoms. The SMILES string of the molecule is CCC(CC)NC(=O)N1CCCN(S(=O)(=O)c2cn(C)cn2)CC1. The molecule has 1 N–H and O–H groups in total. The molecule has 1 aromatic heterocycles. The first kappa shape index (κ1) is 18.7. The van der Waals surface area contributed by atoms with Crippen LogP contribution in [0.2, 0.25) is 0 Å². The van der Waals surface area contributed by atoms with Gasteiger partial charge in [0.05, 0.1) is 6.33 Å². The maximum absolute atomic E-state index is 12.6. The second kappa shape index (κ2) is 7.98. The molecule has 0 atom stereocenters. The number of aryl methyl sites for hydroxylation is 1. The summed E-state index contributed by atoms with van der Waals surface area (Å²) in [6.45, 7) is 5.71. The Hall–Kier alpha value is -1.61. The van der Waals surface area contributed by atoms with E-state index in [0.29, 0.717) is 26.1 Å². The van der Waals surface area contributed by atoms with Crippen molar-refractivity contribution in [3.8, 4) is 0 Å². The first-order chi connectivity index (χ1) is 11.4. The van der Waals surface area contributed by atoms with Gasteiger partial charge in [-0.2, -0.15) is 4.31 Å². The average Bonchev–Trinajstić information content (AvgIpc) is 2.85. The minimum Gasteiger partial charge on any atom is -0.339 e. The van der Waals surface area contributed by atoms with E-state index in [1.165, 1.54) is 16.8 Å². The maximum atomic E-state index is 12.6. The molecule has 1 saturated heterocycles. The summed E-state index contributed by atoms with van der Waals surface area (Å²) < 4.78 is 28.3. The number of hydrogen-bond acceptors (Lipinski definition) is 4. The summed E-state index contributed by atoms with van der Waals surface area (Å²) in [6.07, 6.45) is 5.35. The number of rotatable bonds is 5. The summed E-state index contributed by atoms with van der Waals surface area (Å²) in [5, 5.41) is 3.06. The number of hydrogen-bond donors (Lipinski definition) is 1. The van der Waals surface area contributed by atoms with Crippen molar-refractivity contribution in [2.45, 2.75) is 44.2 Å². The summed E-state index contributed by atoms with van der Waals surface area (Å²) in [5.74, 6) is 0. The van der Waals surface area contributed by atoms with Crippen molar-refractivity contribution < 1.29 is 13.2 Å². The van der Waals surface area contributed by atoms with E-state index in [2.05, 4.69) is 10.3 Å². The summed E-state index contributed by atoms with van der Waals surface area (Å²) >= 11 is 0. The lowest BCUT2D eigenvalue weighted by molar-refractivity contribution is 0.195. The Morgan fingerprint density at radius 1 is 1.25 bits per heavy atom. The molecular weight excluding hydrogens is 330 g/mol.